The first-order chi connectivity index (χ1) is 15.4. The van der Waals surface area contributed by atoms with Gasteiger partial charge in [-0.3, -0.25) is 0 Å². The third-order valence-electron chi connectivity index (χ3n) is 5.58. The minimum Gasteiger partial charge on any atom is -0.508 e. The zero-order valence-corrected chi connectivity index (χ0v) is 18.5. The van der Waals surface area contributed by atoms with Gasteiger partial charge in [-0.15, -0.1) is 5.10 Å². The smallest absolute Gasteiger partial charge is 0.416 e. The van der Waals surface area contributed by atoms with E-state index in [0.717, 1.165) is 6.07 Å². The minimum atomic E-state index is -4.59. The van der Waals surface area contributed by atoms with Crippen LogP contribution in [0.15, 0.2) is 24.3 Å². The monoisotopic (exact) mass is 463 g/mol. The lowest BCUT2D eigenvalue weighted by molar-refractivity contribution is -0.137. The number of aliphatic hydroxyl groups is 1. The molecule has 1 fully saturated rings. The van der Waals surface area contributed by atoms with E-state index in [9.17, 15) is 23.4 Å². The number of fused-ring (bicyclic) bond motifs is 1. The molecular weight excluding hydrogens is 439 g/mol. The molecule has 33 heavy (non-hydrogen) atoms. The number of nitrogens with zero attached hydrogens (tertiary/aromatic N) is 4. The minimum absolute atomic E-state index is 0.235. The number of hydrogen-bond acceptors (Lipinski definition) is 8. The fourth-order valence-electron chi connectivity index (χ4n) is 3.93. The normalized spacial score (nSPS) is 16.4. The molecule has 1 atom stereocenters. The standard InChI is InChI=1S/C22H24F3N5O3/c1-11(13-5-14(22(23,24)25)7-15(31)6-13)26-19-16-8-17(30-9-21(3,32)10-30)20(33-4)27-18(16)12(2)28-29-19/h5-8,11,31-32H,9-10H2,1-4H3,(H,26,29)/t11-/m1/s1. The molecule has 0 radical (unpaired) electrons. The van der Waals surface area contributed by atoms with E-state index in [4.69, 9.17) is 4.74 Å². The average molecular weight is 463 g/mol. The van der Waals surface area contributed by atoms with Crippen molar-refractivity contribution in [3.05, 3.63) is 41.1 Å². The van der Waals surface area contributed by atoms with E-state index < -0.39 is 29.1 Å². The molecule has 11 heteroatoms. The number of nitrogens with one attached hydrogen (secondary N) is 1. The van der Waals surface area contributed by atoms with Gasteiger partial charge in [0.2, 0.25) is 5.88 Å². The van der Waals surface area contributed by atoms with Crippen LogP contribution in [0.4, 0.5) is 24.7 Å². The molecule has 3 N–H and O–H groups in total. The number of anilines is 2. The second-order valence-corrected chi connectivity index (χ2v) is 8.58. The Balaban J connectivity index is 1.74. The van der Waals surface area contributed by atoms with Gasteiger partial charge < -0.3 is 25.2 Å². The number of rotatable bonds is 5. The van der Waals surface area contributed by atoms with Gasteiger partial charge in [-0.1, -0.05) is 0 Å². The van der Waals surface area contributed by atoms with Crippen molar-refractivity contribution in [1.29, 1.82) is 0 Å². The topological polar surface area (TPSA) is 104 Å². The number of halogens is 3. The average Bonchev–Trinajstić information content (AvgIpc) is 2.72. The summed E-state index contributed by atoms with van der Waals surface area (Å²) in [7, 11) is 1.50. The molecule has 0 amide bonds. The van der Waals surface area contributed by atoms with Crippen LogP contribution in [0.25, 0.3) is 10.9 Å². The molecule has 1 aliphatic rings. The maximum atomic E-state index is 13.2. The molecule has 0 saturated carbocycles. The lowest BCUT2D eigenvalue weighted by Gasteiger charge is -2.45. The fourth-order valence-corrected chi connectivity index (χ4v) is 3.93. The van der Waals surface area contributed by atoms with Gasteiger partial charge in [0.15, 0.2) is 5.82 Å². The van der Waals surface area contributed by atoms with Crippen LogP contribution in [-0.2, 0) is 6.18 Å². The molecule has 3 aromatic rings. The van der Waals surface area contributed by atoms with Crippen LogP contribution in [0.1, 0.15) is 36.7 Å². The number of ether oxygens (including phenoxy) is 1. The lowest BCUT2D eigenvalue weighted by atomic mass is 9.96. The van der Waals surface area contributed by atoms with Crippen molar-refractivity contribution < 1.29 is 28.1 Å². The first-order valence-electron chi connectivity index (χ1n) is 10.2. The fraction of sp³-hybridized carbons (Fsp3) is 0.409. The summed E-state index contributed by atoms with van der Waals surface area (Å²) < 4.78 is 45.0. The van der Waals surface area contributed by atoms with Crippen LogP contribution in [0.5, 0.6) is 11.6 Å². The summed E-state index contributed by atoms with van der Waals surface area (Å²) in [6.45, 7) is 5.94. The first kappa shape index (κ1) is 22.8. The summed E-state index contributed by atoms with van der Waals surface area (Å²) in [6.07, 6.45) is -4.59. The Kier molecular flexibility index (Phi) is 5.47. The van der Waals surface area contributed by atoms with Gasteiger partial charge >= 0.3 is 6.18 Å². The zero-order chi connectivity index (χ0) is 24.1. The molecule has 1 aliphatic heterocycles. The van der Waals surface area contributed by atoms with Crippen LogP contribution in [0, 0.1) is 6.92 Å². The number of phenolic OH excluding ortho intramolecular Hbond substituents is 1. The van der Waals surface area contributed by atoms with Gasteiger partial charge in [0.25, 0.3) is 0 Å². The Bertz CT molecular complexity index is 1210. The van der Waals surface area contributed by atoms with E-state index in [1.54, 1.807) is 20.8 Å². The molecule has 1 saturated heterocycles. The number of pyridine rings is 1. The van der Waals surface area contributed by atoms with Crippen molar-refractivity contribution in [3.8, 4) is 11.6 Å². The van der Waals surface area contributed by atoms with Crippen molar-refractivity contribution >= 4 is 22.4 Å². The third-order valence-corrected chi connectivity index (χ3v) is 5.58. The SMILES string of the molecule is COc1nc2c(C)nnc(N[C@H](C)c3cc(O)cc(C(F)(F)F)c3)c2cc1N1CC(C)(O)C1. The van der Waals surface area contributed by atoms with E-state index in [0.29, 0.717) is 53.1 Å². The number of alkyl halides is 3. The van der Waals surface area contributed by atoms with Crippen molar-refractivity contribution in [3.63, 3.8) is 0 Å². The van der Waals surface area contributed by atoms with Gasteiger partial charge in [-0.25, -0.2) is 4.98 Å². The summed E-state index contributed by atoms with van der Waals surface area (Å²) in [5.74, 6) is 0.214. The van der Waals surface area contributed by atoms with Gasteiger partial charge in [0, 0.05) is 18.5 Å². The lowest BCUT2D eigenvalue weighted by Crippen LogP contribution is -2.60. The second-order valence-electron chi connectivity index (χ2n) is 8.58. The summed E-state index contributed by atoms with van der Waals surface area (Å²) in [5, 5.41) is 32.0. The van der Waals surface area contributed by atoms with Crippen LogP contribution >= 0.6 is 0 Å². The molecule has 3 heterocycles. The highest BCUT2D eigenvalue weighted by Crippen LogP contribution is 2.39. The zero-order valence-electron chi connectivity index (χ0n) is 18.5. The van der Waals surface area contributed by atoms with Gasteiger partial charge in [0.1, 0.15) is 17.0 Å². The van der Waals surface area contributed by atoms with Crippen molar-refractivity contribution in [1.82, 2.24) is 15.2 Å². The number of aryl methyl sites for hydroxylation is 1. The molecule has 0 aliphatic carbocycles. The predicted molar refractivity (Wildman–Crippen MR) is 117 cm³/mol. The Morgan fingerprint density at radius 2 is 1.88 bits per heavy atom. The molecular formula is C22H24F3N5O3. The molecule has 4 rings (SSSR count). The summed E-state index contributed by atoms with van der Waals surface area (Å²) in [4.78, 5) is 6.48. The maximum Gasteiger partial charge on any atom is 0.416 e. The van der Waals surface area contributed by atoms with E-state index in [1.165, 1.54) is 13.2 Å². The number of benzene rings is 1. The molecule has 0 bridgehead atoms. The van der Waals surface area contributed by atoms with Crippen molar-refractivity contribution in [2.24, 2.45) is 0 Å². The number of aromatic hydroxyl groups is 1. The van der Waals surface area contributed by atoms with E-state index in [1.807, 2.05) is 11.0 Å². The van der Waals surface area contributed by atoms with Crippen LogP contribution in [0.2, 0.25) is 0 Å². The summed E-state index contributed by atoms with van der Waals surface area (Å²) in [6, 6.07) is 4.12. The molecule has 8 nitrogen and oxygen atoms in total. The van der Waals surface area contributed by atoms with Crippen LogP contribution < -0.4 is 15.0 Å². The number of methoxy groups -OCH3 is 1. The Labute approximate surface area is 188 Å². The number of aromatic nitrogens is 3. The highest BCUT2D eigenvalue weighted by molar-refractivity contribution is 5.94. The van der Waals surface area contributed by atoms with Gasteiger partial charge in [-0.05, 0) is 50.6 Å². The Morgan fingerprint density at radius 3 is 2.48 bits per heavy atom. The van der Waals surface area contributed by atoms with Gasteiger partial charge in [-0.2, -0.15) is 18.3 Å². The van der Waals surface area contributed by atoms with E-state index in [2.05, 4.69) is 20.5 Å². The number of hydrogen-bond donors (Lipinski definition) is 3. The van der Waals surface area contributed by atoms with E-state index >= 15 is 0 Å². The first-order valence-corrected chi connectivity index (χ1v) is 10.2. The second kappa shape index (κ2) is 7.91. The quantitative estimate of drug-likeness (QED) is 0.525. The van der Waals surface area contributed by atoms with Gasteiger partial charge in [0.05, 0.1) is 30.0 Å². The summed E-state index contributed by atoms with van der Waals surface area (Å²) in [5.41, 5.74) is 0.229. The number of β-amino-alcohol motifs (C(OH)–C–C–N with tert-alkyl or cyclic N) is 1. The molecule has 0 spiro atoms. The summed E-state index contributed by atoms with van der Waals surface area (Å²) >= 11 is 0. The van der Waals surface area contributed by atoms with Crippen molar-refractivity contribution in [2.75, 3.05) is 30.4 Å². The Morgan fingerprint density at radius 1 is 1.18 bits per heavy atom. The number of phenols is 1. The molecule has 2 aromatic heterocycles. The molecule has 1 aromatic carbocycles. The highest BCUT2D eigenvalue weighted by atomic mass is 19.4. The predicted octanol–water partition coefficient (Wildman–Crippen LogP) is 3.81. The highest BCUT2D eigenvalue weighted by Gasteiger charge is 2.38. The van der Waals surface area contributed by atoms with Crippen LogP contribution in [0.3, 0.4) is 0 Å². The molecule has 0 unspecified atom stereocenters. The van der Waals surface area contributed by atoms with Crippen LogP contribution in [-0.4, -0.2) is 51.2 Å². The Hall–Kier alpha value is -3.34. The van der Waals surface area contributed by atoms with E-state index in [-0.39, 0.29) is 5.56 Å². The largest absolute Gasteiger partial charge is 0.508 e. The molecule has 176 valence electrons. The maximum absolute atomic E-state index is 13.2. The third kappa shape index (κ3) is 4.45. The van der Waals surface area contributed by atoms with Crippen molar-refractivity contribution in [2.45, 2.75) is 38.6 Å².